The van der Waals surface area contributed by atoms with Crippen LogP contribution in [0.4, 0.5) is 0 Å². The van der Waals surface area contributed by atoms with E-state index in [1.54, 1.807) is 0 Å². The molecule has 0 atom stereocenters. The minimum absolute atomic E-state index is 0.0172. The van der Waals surface area contributed by atoms with Gasteiger partial charge in [0.1, 0.15) is 6.61 Å². The summed E-state index contributed by atoms with van der Waals surface area (Å²) < 4.78 is 0. The molecule has 1 aliphatic rings. The highest BCUT2D eigenvalue weighted by Crippen LogP contribution is 2.05. The van der Waals surface area contributed by atoms with Gasteiger partial charge in [-0.3, -0.25) is 4.90 Å². The van der Waals surface area contributed by atoms with E-state index < -0.39 is 0 Å². The fourth-order valence-electron chi connectivity index (χ4n) is 1.30. The van der Waals surface area contributed by atoms with Crippen molar-refractivity contribution in [1.29, 1.82) is 0 Å². The van der Waals surface area contributed by atoms with Gasteiger partial charge in [0.05, 0.1) is 0 Å². The van der Waals surface area contributed by atoms with E-state index >= 15 is 0 Å². The third kappa shape index (κ3) is 3.43. The highest BCUT2D eigenvalue weighted by Gasteiger charge is 2.10. The van der Waals surface area contributed by atoms with E-state index in [1.807, 2.05) is 0 Å². The Labute approximate surface area is 72.3 Å². The molecule has 0 aliphatic carbocycles. The second-order valence-electron chi connectivity index (χ2n) is 2.90. The molecular formula is C7H16N4O. The molecule has 0 amide bonds. The molecule has 1 heterocycles. The maximum Gasteiger partial charge on any atom is 0.228 e. The second kappa shape index (κ2) is 4.82. The summed E-state index contributed by atoms with van der Waals surface area (Å²) in [5.41, 5.74) is 10.2. The predicted molar refractivity (Wildman–Crippen MR) is 47.4 cm³/mol. The lowest BCUT2D eigenvalue weighted by atomic mass is 10.4. The Morgan fingerprint density at radius 2 is 2.00 bits per heavy atom. The van der Waals surface area contributed by atoms with Crippen molar-refractivity contribution in [2.75, 3.05) is 26.2 Å². The van der Waals surface area contributed by atoms with Crippen LogP contribution in [0.15, 0.2) is 5.16 Å². The first-order valence-electron chi connectivity index (χ1n) is 4.22. The minimum Gasteiger partial charge on any atom is -0.391 e. The fourth-order valence-corrected chi connectivity index (χ4v) is 1.30. The van der Waals surface area contributed by atoms with Crippen molar-refractivity contribution < 1.29 is 4.84 Å². The average Bonchev–Trinajstić information content (AvgIpc) is 2.49. The van der Waals surface area contributed by atoms with Gasteiger partial charge in [-0.2, -0.15) is 0 Å². The highest BCUT2D eigenvalue weighted by molar-refractivity contribution is 5.74. The number of likely N-dealkylation sites (tertiary alicyclic amines) is 1. The molecule has 1 saturated heterocycles. The molecule has 0 radical (unpaired) electrons. The van der Waals surface area contributed by atoms with Crippen LogP contribution in [0.3, 0.4) is 0 Å². The first-order valence-corrected chi connectivity index (χ1v) is 4.22. The van der Waals surface area contributed by atoms with E-state index in [2.05, 4.69) is 10.1 Å². The van der Waals surface area contributed by atoms with Crippen LogP contribution in [0.5, 0.6) is 0 Å². The van der Waals surface area contributed by atoms with Crippen LogP contribution in [-0.4, -0.2) is 37.1 Å². The monoisotopic (exact) mass is 172 g/mol. The summed E-state index contributed by atoms with van der Waals surface area (Å²) in [7, 11) is 0. The van der Waals surface area contributed by atoms with E-state index in [0.29, 0.717) is 6.61 Å². The molecule has 5 heteroatoms. The van der Waals surface area contributed by atoms with Gasteiger partial charge in [-0.05, 0) is 31.1 Å². The van der Waals surface area contributed by atoms with E-state index in [4.69, 9.17) is 16.3 Å². The zero-order chi connectivity index (χ0) is 8.81. The van der Waals surface area contributed by atoms with Gasteiger partial charge in [0, 0.05) is 6.54 Å². The normalized spacial score (nSPS) is 17.7. The smallest absolute Gasteiger partial charge is 0.228 e. The molecule has 70 valence electrons. The van der Waals surface area contributed by atoms with Crippen LogP contribution in [-0.2, 0) is 4.84 Å². The molecule has 0 aromatic carbocycles. The third-order valence-electron chi connectivity index (χ3n) is 1.87. The van der Waals surface area contributed by atoms with Crippen molar-refractivity contribution in [3.8, 4) is 0 Å². The minimum atomic E-state index is -0.0172. The van der Waals surface area contributed by atoms with Crippen molar-refractivity contribution in [2.24, 2.45) is 16.6 Å². The van der Waals surface area contributed by atoms with Crippen molar-refractivity contribution in [3.05, 3.63) is 0 Å². The average molecular weight is 172 g/mol. The van der Waals surface area contributed by atoms with Crippen molar-refractivity contribution in [3.63, 3.8) is 0 Å². The molecule has 0 spiro atoms. The number of hydrogen-bond donors (Lipinski definition) is 2. The Kier molecular flexibility index (Phi) is 3.66. The van der Waals surface area contributed by atoms with Gasteiger partial charge < -0.3 is 16.3 Å². The third-order valence-corrected chi connectivity index (χ3v) is 1.87. The summed E-state index contributed by atoms with van der Waals surface area (Å²) in [6.45, 7) is 3.82. The Balaban J connectivity index is 1.98. The molecule has 1 rings (SSSR count). The van der Waals surface area contributed by atoms with Crippen LogP contribution in [0.2, 0.25) is 0 Å². The summed E-state index contributed by atoms with van der Waals surface area (Å²) in [6.07, 6.45) is 2.59. The molecule has 12 heavy (non-hydrogen) atoms. The molecule has 0 aromatic rings. The standard InChI is InChI=1S/C7H16N4O/c8-7(9)10-12-6-5-11-3-1-2-4-11/h1-6H2,(H4,8,9,10). The van der Waals surface area contributed by atoms with Gasteiger partial charge in [-0.1, -0.05) is 0 Å². The van der Waals surface area contributed by atoms with Crippen LogP contribution < -0.4 is 11.5 Å². The molecular weight excluding hydrogens is 156 g/mol. The van der Waals surface area contributed by atoms with Crippen molar-refractivity contribution >= 4 is 5.96 Å². The molecule has 0 bridgehead atoms. The lowest BCUT2D eigenvalue weighted by molar-refractivity contribution is 0.118. The second-order valence-corrected chi connectivity index (χ2v) is 2.90. The maximum atomic E-state index is 5.08. The number of nitrogens with zero attached hydrogens (tertiary/aromatic N) is 2. The summed E-state index contributed by atoms with van der Waals surface area (Å²) in [4.78, 5) is 7.19. The number of guanidine groups is 1. The molecule has 0 saturated carbocycles. The Morgan fingerprint density at radius 1 is 1.33 bits per heavy atom. The summed E-state index contributed by atoms with van der Waals surface area (Å²) in [5.74, 6) is -0.0172. The first kappa shape index (κ1) is 9.12. The zero-order valence-corrected chi connectivity index (χ0v) is 7.20. The Hall–Kier alpha value is -0.970. The molecule has 1 aliphatic heterocycles. The number of rotatable bonds is 4. The van der Waals surface area contributed by atoms with Crippen molar-refractivity contribution in [2.45, 2.75) is 12.8 Å². The van der Waals surface area contributed by atoms with Crippen molar-refractivity contribution in [1.82, 2.24) is 4.90 Å². The summed E-state index contributed by atoms with van der Waals surface area (Å²) in [5, 5.41) is 3.43. The Morgan fingerprint density at radius 3 is 2.58 bits per heavy atom. The highest BCUT2D eigenvalue weighted by atomic mass is 16.6. The topological polar surface area (TPSA) is 76.9 Å². The number of oxime groups is 1. The molecule has 5 nitrogen and oxygen atoms in total. The molecule has 4 N–H and O–H groups in total. The predicted octanol–water partition coefficient (Wildman–Crippen LogP) is -0.713. The van der Waals surface area contributed by atoms with Gasteiger partial charge in [0.25, 0.3) is 0 Å². The molecule has 0 unspecified atom stereocenters. The maximum absolute atomic E-state index is 5.08. The van der Waals surface area contributed by atoms with Crippen LogP contribution in [0, 0.1) is 0 Å². The van der Waals surface area contributed by atoms with Gasteiger partial charge in [0.2, 0.25) is 5.96 Å². The van der Waals surface area contributed by atoms with Crippen LogP contribution >= 0.6 is 0 Å². The lowest BCUT2D eigenvalue weighted by Crippen LogP contribution is -2.26. The summed E-state index contributed by atoms with van der Waals surface area (Å²) >= 11 is 0. The lowest BCUT2D eigenvalue weighted by Gasteiger charge is -2.12. The number of hydrogen-bond acceptors (Lipinski definition) is 3. The zero-order valence-electron chi connectivity index (χ0n) is 7.20. The molecule has 0 aromatic heterocycles. The first-order chi connectivity index (χ1) is 5.79. The van der Waals surface area contributed by atoms with Crippen LogP contribution in [0.25, 0.3) is 0 Å². The molecule has 1 fully saturated rings. The van der Waals surface area contributed by atoms with Gasteiger partial charge in [-0.25, -0.2) is 0 Å². The SMILES string of the molecule is NC(N)=NOCCN1CCCC1. The number of nitrogens with two attached hydrogens (primary N) is 2. The van der Waals surface area contributed by atoms with Crippen LogP contribution in [0.1, 0.15) is 12.8 Å². The van der Waals surface area contributed by atoms with Gasteiger partial charge in [-0.15, -0.1) is 0 Å². The van der Waals surface area contributed by atoms with Gasteiger partial charge in [0.15, 0.2) is 0 Å². The largest absolute Gasteiger partial charge is 0.391 e. The Bertz CT molecular complexity index is 149. The van der Waals surface area contributed by atoms with E-state index in [-0.39, 0.29) is 5.96 Å². The van der Waals surface area contributed by atoms with E-state index in [1.165, 1.54) is 25.9 Å². The van der Waals surface area contributed by atoms with E-state index in [0.717, 1.165) is 6.54 Å². The fraction of sp³-hybridized carbons (Fsp3) is 0.857. The quantitative estimate of drug-likeness (QED) is 0.254. The van der Waals surface area contributed by atoms with E-state index in [9.17, 15) is 0 Å². The van der Waals surface area contributed by atoms with Gasteiger partial charge >= 0.3 is 0 Å². The summed E-state index contributed by atoms with van der Waals surface area (Å²) in [6, 6.07) is 0.